The van der Waals surface area contributed by atoms with Crippen molar-refractivity contribution in [2.24, 2.45) is 0 Å². The molecule has 0 saturated heterocycles. The second kappa shape index (κ2) is 17.3. The third-order valence-electron chi connectivity index (χ3n) is 21.5. The van der Waals surface area contributed by atoms with Crippen molar-refractivity contribution in [2.45, 2.75) is 59.7 Å². The van der Waals surface area contributed by atoms with E-state index in [4.69, 9.17) is 9.72 Å². The molecule has 420 valence electrons. The fraction of sp³-hybridized carbons (Fsp3) is 0.122. The zero-order valence-electron chi connectivity index (χ0n) is 48.5. The monoisotopic (exact) mass is 1310 g/mol. The summed E-state index contributed by atoms with van der Waals surface area (Å²) in [7, 11) is 0. The summed E-state index contributed by atoms with van der Waals surface area (Å²) in [5.74, 6) is 2.38. The van der Waals surface area contributed by atoms with Crippen molar-refractivity contribution < 1.29 is 30.4 Å². The molecule has 6 heteroatoms. The number of pyridine rings is 1. The first-order chi connectivity index (χ1) is 42.8. The molecule has 0 fully saturated rings. The van der Waals surface area contributed by atoms with E-state index in [-0.39, 0.29) is 49.1 Å². The smallest absolute Gasteiger partial charge is 0.268 e. The number of imidazole rings is 1. The van der Waals surface area contributed by atoms with E-state index in [9.17, 15) is 0 Å². The minimum absolute atomic E-state index is 0. The van der Waals surface area contributed by atoms with Crippen molar-refractivity contribution in [1.82, 2.24) is 14.1 Å². The van der Waals surface area contributed by atoms with Gasteiger partial charge in [0.2, 0.25) is 0 Å². The van der Waals surface area contributed by atoms with Crippen molar-refractivity contribution in [2.75, 3.05) is 0 Å². The summed E-state index contributed by atoms with van der Waals surface area (Å²) in [6.45, 7) is 6.72. The quantitative estimate of drug-likeness (QED) is 0.118. The fourth-order valence-electron chi connectivity index (χ4n) is 18.7. The number of benzene rings is 11. The number of aromatic nitrogens is 4. The van der Waals surface area contributed by atoms with E-state index in [2.05, 4.69) is 296 Å². The van der Waals surface area contributed by atoms with E-state index in [1.54, 1.807) is 0 Å². The van der Waals surface area contributed by atoms with E-state index in [0.717, 1.165) is 44.3 Å². The molecule has 0 saturated carbocycles. The van der Waals surface area contributed by atoms with Crippen LogP contribution in [0, 0.1) is 18.5 Å². The van der Waals surface area contributed by atoms with Crippen LogP contribution in [0.1, 0.15) is 116 Å². The fourth-order valence-corrected chi connectivity index (χ4v) is 18.7. The molecular weight excluding hydrogens is 1250 g/mol. The summed E-state index contributed by atoms with van der Waals surface area (Å²) >= 11 is 0. The molecule has 0 bridgehead atoms. The van der Waals surface area contributed by atoms with Gasteiger partial charge >= 0.3 is 0 Å². The molecule has 20 rings (SSSR count). The Kier molecular flexibility index (Phi) is 9.93. The Morgan fingerprint density at radius 2 is 0.932 bits per heavy atom. The summed E-state index contributed by atoms with van der Waals surface area (Å²) in [4.78, 5) is 4.95. The van der Waals surface area contributed by atoms with E-state index in [1.807, 2.05) is 18.3 Å². The summed E-state index contributed by atoms with van der Waals surface area (Å²) in [5.41, 5.74) is 24.8. The first-order valence-electron chi connectivity index (χ1n) is 30.6. The van der Waals surface area contributed by atoms with Crippen LogP contribution in [0.25, 0.3) is 50.0 Å². The second-order valence-corrected chi connectivity index (χ2v) is 26.0. The predicted octanol–water partition coefficient (Wildman–Crippen LogP) is 17.1. The van der Waals surface area contributed by atoms with E-state index in [1.165, 1.54) is 89.1 Å². The largest absolute Gasteiger partial charge is 0.510 e. The Labute approximate surface area is 525 Å². The Morgan fingerprint density at radius 1 is 0.443 bits per heavy atom. The zero-order chi connectivity index (χ0) is 57.3. The number of ether oxygens (including phenoxy) is 1. The molecule has 6 atom stereocenters. The molecule has 0 N–H and O–H groups in total. The van der Waals surface area contributed by atoms with Crippen molar-refractivity contribution in [3.63, 3.8) is 0 Å². The van der Waals surface area contributed by atoms with Crippen LogP contribution in [0.4, 0.5) is 0 Å². The topological polar surface area (TPSA) is 35.9 Å². The Bertz CT molecular complexity index is 5200. The molecule has 2 spiro atoms. The third-order valence-corrected chi connectivity index (χ3v) is 21.5. The Morgan fingerprint density at radius 3 is 1.55 bits per heavy atom. The van der Waals surface area contributed by atoms with Gasteiger partial charge in [-0.05, 0) is 118 Å². The molecule has 3 heterocycles. The first kappa shape index (κ1) is 50.5. The summed E-state index contributed by atoms with van der Waals surface area (Å²) in [6, 6.07) is 103. The first-order valence-corrected chi connectivity index (χ1v) is 30.6. The van der Waals surface area contributed by atoms with Crippen LogP contribution in [0.15, 0.2) is 261 Å². The van der Waals surface area contributed by atoms with Crippen molar-refractivity contribution in [3.05, 3.63) is 363 Å². The summed E-state index contributed by atoms with van der Waals surface area (Å²) in [6.07, 6.45) is 6.10. The van der Waals surface area contributed by atoms with Crippen LogP contribution in [0.5, 0.6) is 11.5 Å². The van der Waals surface area contributed by atoms with Gasteiger partial charge in [0.05, 0.1) is 27.6 Å². The van der Waals surface area contributed by atoms with Crippen LogP contribution in [-0.4, -0.2) is 14.1 Å². The number of rotatable bonds is 7. The van der Waals surface area contributed by atoms with Gasteiger partial charge in [0, 0.05) is 66.9 Å². The standard InChI is InChI=1S/C82H54N4O.Pt/c1-78(2,3)50-44-45-83-74(46-50)86-70-39-17-8-24-54(70)55-43-42-53(48-73(55)86)87-52-23-20-22-51(47-52)84-49-85(72-41-19-18-40-71(72)84)77-68(79-60-29-9-4-25-56(60)75-58-27-6-11-31-62(58)81(75,79)66-35-15-13-33-64(66)79)37-21-38-69(77)80-61-30-10-5-26-57(61)76-59-28-7-12-32-63(59)82(76,80)67-36-16-14-34-65(67)80;/h4-46,75-76H,1-3H3;/q-2;. The molecule has 0 aliphatic heterocycles. The minimum Gasteiger partial charge on any atom is -0.510 e. The summed E-state index contributed by atoms with van der Waals surface area (Å²) in [5, 5.41) is 2.22. The van der Waals surface area contributed by atoms with Crippen molar-refractivity contribution >= 4 is 32.8 Å². The number of hydrogen-bond acceptors (Lipinski definition) is 2. The van der Waals surface area contributed by atoms with Crippen LogP contribution < -0.4 is 9.30 Å². The van der Waals surface area contributed by atoms with E-state index < -0.39 is 10.8 Å². The Hall–Kier alpha value is -9.67. The molecular formula is C82H54N4OPt-2. The van der Waals surface area contributed by atoms with Gasteiger partial charge < -0.3 is 13.9 Å². The number of nitrogens with zero attached hydrogens (tertiary/aromatic N) is 4. The third kappa shape index (κ3) is 5.63. The maximum absolute atomic E-state index is 6.92. The molecule has 11 aromatic carbocycles. The molecule has 88 heavy (non-hydrogen) atoms. The molecule has 3 aromatic heterocycles. The number of para-hydroxylation sites is 4. The maximum Gasteiger partial charge on any atom is 0.268 e. The maximum atomic E-state index is 6.92. The molecule has 6 unspecified atom stereocenters. The number of hydrogen-bond donors (Lipinski definition) is 0. The molecule has 0 radical (unpaired) electrons. The van der Waals surface area contributed by atoms with Gasteiger partial charge in [0.15, 0.2) is 0 Å². The normalized spacial score (nSPS) is 22.1. The molecule has 14 aromatic rings. The second-order valence-electron chi connectivity index (χ2n) is 26.0. The predicted molar refractivity (Wildman–Crippen MR) is 342 cm³/mol. The van der Waals surface area contributed by atoms with Gasteiger partial charge in [-0.15, -0.1) is 29.7 Å². The average molecular weight is 1310 g/mol. The van der Waals surface area contributed by atoms with Crippen LogP contribution in [0.2, 0.25) is 0 Å². The Balaban J connectivity index is 0.00000562. The van der Waals surface area contributed by atoms with Crippen LogP contribution >= 0.6 is 0 Å². The SMILES string of the molecule is CC(C)(C)c1ccnc(-n2c3[c-]c(Oc4[c-]c(-n5[c-][n+](-c6c(C78c9ccccc9C9c%10ccccc%10C97c7ccccc78)cccc6C67c8ccccc8C8c9ccccc9C86c6ccccc67)c6ccccc65)ccc4)ccc3c3ccccc32)c1.[Pt]. The van der Waals surface area contributed by atoms with Gasteiger partial charge in [-0.25, -0.2) is 4.98 Å². The van der Waals surface area contributed by atoms with Crippen LogP contribution in [-0.2, 0) is 48.1 Å². The van der Waals surface area contributed by atoms with Gasteiger partial charge in [-0.2, -0.15) is 18.2 Å². The average Bonchev–Trinajstić information content (AvgIpc) is 1.34. The van der Waals surface area contributed by atoms with Crippen LogP contribution in [0.3, 0.4) is 0 Å². The minimum atomic E-state index is -0.564. The number of fused-ring (bicyclic) bond motifs is 18. The molecule has 6 aliphatic rings. The van der Waals surface area contributed by atoms with E-state index in [0.29, 0.717) is 11.5 Å². The van der Waals surface area contributed by atoms with Crippen molar-refractivity contribution in [3.8, 4) is 28.7 Å². The van der Waals surface area contributed by atoms with E-state index >= 15 is 0 Å². The zero-order valence-corrected chi connectivity index (χ0v) is 50.8. The van der Waals surface area contributed by atoms with Gasteiger partial charge in [0.25, 0.3) is 6.33 Å². The molecule has 5 nitrogen and oxygen atoms in total. The van der Waals surface area contributed by atoms with Crippen molar-refractivity contribution in [1.29, 1.82) is 0 Å². The molecule has 0 amide bonds. The molecule has 6 aliphatic carbocycles. The van der Waals surface area contributed by atoms with Gasteiger partial charge in [0.1, 0.15) is 5.82 Å². The van der Waals surface area contributed by atoms with Gasteiger partial charge in [-0.1, -0.05) is 233 Å². The summed E-state index contributed by atoms with van der Waals surface area (Å²) < 4.78 is 13.8. The van der Waals surface area contributed by atoms with Gasteiger partial charge in [-0.3, -0.25) is 4.57 Å².